The summed E-state index contributed by atoms with van der Waals surface area (Å²) in [6.07, 6.45) is 2.25. The summed E-state index contributed by atoms with van der Waals surface area (Å²) in [5.41, 5.74) is -0.923. The third kappa shape index (κ3) is 22.2. The quantitative estimate of drug-likeness (QED) is 0.314. The molecule has 0 aliphatic heterocycles. The Balaban J connectivity index is 0. The van der Waals surface area contributed by atoms with Gasteiger partial charge in [-0.2, -0.15) is 0 Å². The van der Waals surface area contributed by atoms with E-state index in [1.54, 1.807) is 20.8 Å². The second-order valence-corrected chi connectivity index (χ2v) is 7.42. The van der Waals surface area contributed by atoms with Crippen LogP contribution in [0.3, 0.4) is 0 Å². The summed E-state index contributed by atoms with van der Waals surface area (Å²) in [7, 11) is 0. The second-order valence-electron chi connectivity index (χ2n) is 6.99. The molecule has 0 aliphatic carbocycles. The summed E-state index contributed by atoms with van der Waals surface area (Å²) >= 11 is 5.37. The fourth-order valence-electron chi connectivity index (χ4n) is 1.28. The van der Waals surface area contributed by atoms with Crippen LogP contribution in [0, 0.1) is 0 Å². The topological polar surface area (TPSA) is 118 Å². The van der Waals surface area contributed by atoms with Crippen LogP contribution < -0.4 is 0 Å². The Morgan fingerprint density at radius 3 is 1.72 bits per heavy atom. The lowest BCUT2D eigenvalue weighted by atomic mass is 10.2. The molecule has 0 aromatic heterocycles. The van der Waals surface area contributed by atoms with Crippen LogP contribution in [0.15, 0.2) is 10.3 Å². The van der Waals surface area contributed by atoms with E-state index >= 15 is 0 Å². The summed E-state index contributed by atoms with van der Waals surface area (Å²) in [6.45, 7) is 10.8. The molecule has 25 heavy (non-hydrogen) atoms. The van der Waals surface area contributed by atoms with E-state index in [1.165, 1.54) is 6.21 Å². The van der Waals surface area contributed by atoms with E-state index in [0.29, 0.717) is 6.42 Å². The third-order valence-electron chi connectivity index (χ3n) is 2.04. The van der Waals surface area contributed by atoms with E-state index in [2.05, 4.69) is 10.3 Å². The van der Waals surface area contributed by atoms with Gasteiger partial charge in [-0.15, -0.1) is 5.16 Å². The Bertz CT molecular complexity index is 464. The molecule has 0 heterocycles. The largest absolute Gasteiger partial charge is 0.460 e. The number of esters is 2. The maximum absolute atomic E-state index is 11.1. The van der Waals surface area contributed by atoms with Crippen molar-refractivity contribution in [3.05, 3.63) is 0 Å². The first-order chi connectivity index (χ1) is 11.3. The van der Waals surface area contributed by atoms with Crippen LogP contribution in [0.25, 0.3) is 0 Å². The van der Waals surface area contributed by atoms with Gasteiger partial charge in [0, 0.05) is 12.6 Å². The molecule has 0 spiro atoms. The highest BCUT2D eigenvalue weighted by Gasteiger charge is 2.16. The van der Waals surface area contributed by atoms with Gasteiger partial charge in [-0.05, 0) is 48.0 Å². The molecule has 0 radical (unpaired) electrons. The molecule has 0 aromatic rings. The lowest BCUT2D eigenvalue weighted by Crippen LogP contribution is -2.23. The molecule has 0 unspecified atom stereocenters. The van der Waals surface area contributed by atoms with E-state index in [0.717, 1.165) is 0 Å². The van der Waals surface area contributed by atoms with Crippen molar-refractivity contribution in [2.45, 2.75) is 78.4 Å². The van der Waals surface area contributed by atoms with Crippen molar-refractivity contribution in [2.75, 3.05) is 0 Å². The Morgan fingerprint density at radius 1 is 0.920 bits per heavy atom. The van der Waals surface area contributed by atoms with Gasteiger partial charge < -0.3 is 19.9 Å². The van der Waals surface area contributed by atoms with Crippen molar-refractivity contribution >= 4 is 34.9 Å². The van der Waals surface area contributed by atoms with Gasteiger partial charge in [0.25, 0.3) is 0 Å². The van der Waals surface area contributed by atoms with Crippen LogP contribution in [0.1, 0.15) is 67.2 Å². The van der Waals surface area contributed by atoms with Gasteiger partial charge in [0.2, 0.25) is 0 Å². The number of rotatable bonds is 6. The van der Waals surface area contributed by atoms with E-state index in [9.17, 15) is 9.59 Å². The number of ether oxygens (including phenoxy) is 2. The van der Waals surface area contributed by atoms with Crippen LogP contribution in [0.5, 0.6) is 0 Å². The molecule has 2 N–H and O–H groups in total. The van der Waals surface area contributed by atoms with Gasteiger partial charge in [0.05, 0.1) is 12.8 Å². The molecule has 0 rings (SSSR count). The molecular formula is C16H29ClN2O6. The summed E-state index contributed by atoms with van der Waals surface area (Å²) in [5, 5.41) is 21.7. The highest BCUT2D eigenvalue weighted by Crippen LogP contribution is 2.10. The van der Waals surface area contributed by atoms with E-state index < -0.39 is 11.2 Å². The minimum Gasteiger partial charge on any atom is -0.460 e. The summed E-state index contributed by atoms with van der Waals surface area (Å²) in [5.74, 6) is -0.628. The zero-order valence-electron chi connectivity index (χ0n) is 15.7. The van der Waals surface area contributed by atoms with Crippen LogP contribution in [-0.4, -0.2) is 44.9 Å². The molecule has 0 aliphatic rings. The normalized spacial score (nSPS) is 12.4. The monoisotopic (exact) mass is 380 g/mol. The first-order valence-corrected chi connectivity index (χ1v) is 8.14. The average Bonchev–Trinajstić information content (AvgIpc) is 2.42. The highest BCUT2D eigenvalue weighted by molar-refractivity contribution is 6.65. The zero-order chi connectivity index (χ0) is 20.1. The molecule has 0 saturated heterocycles. The standard InChI is InChI=1S/C8H14ClNO3.C8H15NO3/c1-8(2,3)13-7(11)5-4-6(9)10-12;1-8(2,3)12-7(10)5-4-6-9-11/h12H,4-5H2,1-3H3;6,11H,4-5H2,1-3H3/b10-6-;9-6+. The van der Waals surface area contributed by atoms with Crippen molar-refractivity contribution in [3.63, 3.8) is 0 Å². The number of hydrogen-bond donors (Lipinski definition) is 2. The van der Waals surface area contributed by atoms with Gasteiger partial charge in [-0.25, -0.2) is 0 Å². The van der Waals surface area contributed by atoms with Gasteiger partial charge >= 0.3 is 11.9 Å². The lowest BCUT2D eigenvalue weighted by molar-refractivity contribution is -0.155. The molecular weight excluding hydrogens is 352 g/mol. The fourth-order valence-corrected chi connectivity index (χ4v) is 1.37. The van der Waals surface area contributed by atoms with Crippen molar-refractivity contribution in [2.24, 2.45) is 10.3 Å². The first-order valence-electron chi connectivity index (χ1n) is 7.76. The Morgan fingerprint density at radius 2 is 1.36 bits per heavy atom. The molecule has 0 saturated carbocycles. The number of halogens is 1. The van der Waals surface area contributed by atoms with Crippen LogP contribution >= 0.6 is 11.6 Å². The third-order valence-corrected chi connectivity index (χ3v) is 2.31. The molecule has 0 amide bonds. The lowest BCUT2D eigenvalue weighted by Gasteiger charge is -2.19. The molecule has 8 nitrogen and oxygen atoms in total. The van der Waals surface area contributed by atoms with Gasteiger partial charge in [-0.1, -0.05) is 16.8 Å². The fraction of sp³-hybridized carbons (Fsp3) is 0.750. The highest BCUT2D eigenvalue weighted by atomic mass is 35.5. The maximum atomic E-state index is 11.1. The number of oxime groups is 2. The number of hydrogen-bond acceptors (Lipinski definition) is 8. The van der Waals surface area contributed by atoms with Crippen molar-refractivity contribution in [1.29, 1.82) is 0 Å². The van der Waals surface area contributed by atoms with Crippen molar-refractivity contribution in [1.82, 2.24) is 0 Å². The van der Waals surface area contributed by atoms with Gasteiger partial charge in [-0.3, -0.25) is 9.59 Å². The minimum absolute atomic E-state index is 0.00543. The predicted octanol–water partition coefficient (Wildman–Crippen LogP) is 3.70. The van der Waals surface area contributed by atoms with E-state index in [1.807, 2.05) is 20.8 Å². The maximum Gasteiger partial charge on any atom is 0.306 e. The van der Waals surface area contributed by atoms with Crippen LogP contribution in [0.2, 0.25) is 0 Å². The first kappa shape index (κ1) is 25.4. The summed E-state index contributed by atoms with van der Waals surface area (Å²) in [6, 6.07) is 0. The smallest absolute Gasteiger partial charge is 0.306 e. The Kier molecular flexibility index (Phi) is 12.7. The average molecular weight is 381 g/mol. The van der Waals surface area contributed by atoms with Gasteiger partial charge in [0.15, 0.2) is 0 Å². The predicted molar refractivity (Wildman–Crippen MR) is 95.5 cm³/mol. The second kappa shape index (κ2) is 12.5. The van der Waals surface area contributed by atoms with Gasteiger partial charge in [0.1, 0.15) is 16.4 Å². The Hall–Kier alpha value is -1.83. The van der Waals surface area contributed by atoms with Crippen molar-refractivity contribution in [3.8, 4) is 0 Å². The van der Waals surface area contributed by atoms with E-state index in [4.69, 9.17) is 31.5 Å². The summed E-state index contributed by atoms with van der Waals surface area (Å²) < 4.78 is 10.0. The Labute approximate surface area is 153 Å². The number of carbonyl (C=O) groups excluding carboxylic acids is 2. The molecule has 9 heteroatoms. The van der Waals surface area contributed by atoms with Crippen LogP contribution in [0.4, 0.5) is 0 Å². The molecule has 0 bridgehead atoms. The molecule has 0 aromatic carbocycles. The molecule has 0 atom stereocenters. The number of carbonyl (C=O) groups is 2. The minimum atomic E-state index is -0.486. The zero-order valence-corrected chi connectivity index (χ0v) is 16.5. The van der Waals surface area contributed by atoms with Crippen LogP contribution in [-0.2, 0) is 19.1 Å². The summed E-state index contributed by atoms with van der Waals surface area (Å²) in [4.78, 5) is 22.0. The van der Waals surface area contributed by atoms with E-state index in [-0.39, 0.29) is 36.4 Å². The van der Waals surface area contributed by atoms with Crippen molar-refractivity contribution < 1.29 is 29.5 Å². The molecule has 146 valence electrons. The molecule has 0 fully saturated rings. The number of nitrogens with zero attached hydrogens (tertiary/aromatic N) is 2. The SMILES string of the molecule is CC(C)(C)OC(=O)CC/C(Cl)=N/O.CC(C)(C)OC(=O)CC/C=N/O.